The fourth-order valence-corrected chi connectivity index (χ4v) is 3.35. The van der Waals surface area contributed by atoms with Crippen LogP contribution < -0.4 is 14.8 Å². The van der Waals surface area contributed by atoms with Gasteiger partial charge in [0.25, 0.3) is 5.91 Å². The molecule has 1 fully saturated rings. The van der Waals surface area contributed by atoms with Crippen LogP contribution in [0.5, 0.6) is 11.5 Å². The molecule has 0 aliphatic carbocycles. The fourth-order valence-electron chi connectivity index (χ4n) is 3.35. The standard InChI is InChI=1S/C20H23N5O4/c26-18(6-9-23-20-21-7-3-8-22-20)24-10-12-25(13-11-24)19(27)17-14-28-15-4-1-2-5-16(15)29-17/h1-5,7-8,17H,6,9-14H2,(H,21,22,23)/t17-/m1/s1. The topological polar surface area (TPSA) is 96.9 Å². The summed E-state index contributed by atoms with van der Waals surface area (Å²) >= 11 is 0. The minimum atomic E-state index is -0.651. The van der Waals surface area contributed by atoms with Gasteiger partial charge < -0.3 is 24.6 Å². The highest BCUT2D eigenvalue weighted by Gasteiger charge is 2.33. The van der Waals surface area contributed by atoms with Crippen LogP contribution in [0.4, 0.5) is 5.95 Å². The first kappa shape index (κ1) is 19.0. The van der Waals surface area contributed by atoms with Crippen LogP contribution in [0.25, 0.3) is 0 Å². The Morgan fingerprint density at radius 1 is 1.00 bits per heavy atom. The molecule has 9 nitrogen and oxygen atoms in total. The Balaban J connectivity index is 1.22. The van der Waals surface area contributed by atoms with E-state index in [4.69, 9.17) is 9.47 Å². The molecule has 0 bridgehead atoms. The molecule has 29 heavy (non-hydrogen) atoms. The molecule has 0 unspecified atom stereocenters. The predicted octanol–water partition coefficient (Wildman–Crippen LogP) is 0.789. The lowest BCUT2D eigenvalue weighted by molar-refractivity contribution is -0.146. The molecule has 0 radical (unpaired) electrons. The molecule has 1 aromatic carbocycles. The molecule has 152 valence electrons. The van der Waals surface area contributed by atoms with E-state index >= 15 is 0 Å². The Bertz CT molecular complexity index is 855. The first-order chi connectivity index (χ1) is 14.2. The zero-order valence-corrected chi connectivity index (χ0v) is 16.0. The number of carbonyl (C=O) groups excluding carboxylic acids is 2. The zero-order chi connectivity index (χ0) is 20.1. The molecule has 2 aliphatic heterocycles. The molecular formula is C20H23N5O4. The fraction of sp³-hybridized carbons (Fsp3) is 0.400. The van der Waals surface area contributed by atoms with Gasteiger partial charge in [-0.1, -0.05) is 12.1 Å². The summed E-state index contributed by atoms with van der Waals surface area (Å²) < 4.78 is 11.4. The lowest BCUT2D eigenvalue weighted by atomic mass is 10.2. The number of fused-ring (bicyclic) bond motifs is 1. The SMILES string of the molecule is O=C(CCNc1ncccn1)N1CCN(C(=O)[C@H]2COc3ccccc3O2)CC1. The van der Waals surface area contributed by atoms with Crippen molar-refractivity contribution in [3.63, 3.8) is 0 Å². The summed E-state index contributed by atoms with van der Waals surface area (Å²) in [5.74, 6) is 1.69. The molecule has 2 aliphatic rings. The van der Waals surface area contributed by atoms with E-state index in [1.165, 1.54) is 0 Å². The molecule has 1 N–H and O–H groups in total. The average molecular weight is 397 g/mol. The minimum absolute atomic E-state index is 0.0479. The number of nitrogens with zero attached hydrogens (tertiary/aromatic N) is 4. The molecule has 2 aromatic rings. The van der Waals surface area contributed by atoms with Crippen LogP contribution in [-0.4, -0.2) is 77.0 Å². The van der Waals surface area contributed by atoms with Crippen molar-refractivity contribution in [2.45, 2.75) is 12.5 Å². The van der Waals surface area contributed by atoms with Crippen molar-refractivity contribution in [1.82, 2.24) is 19.8 Å². The molecule has 0 spiro atoms. The summed E-state index contributed by atoms with van der Waals surface area (Å²) in [4.78, 5) is 36.8. The van der Waals surface area contributed by atoms with Crippen molar-refractivity contribution < 1.29 is 19.1 Å². The highest BCUT2D eigenvalue weighted by atomic mass is 16.6. The summed E-state index contributed by atoms with van der Waals surface area (Å²) in [6.07, 6.45) is 2.99. The largest absolute Gasteiger partial charge is 0.485 e. The van der Waals surface area contributed by atoms with E-state index < -0.39 is 6.10 Å². The van der Waals surface area contributed by atoms with E-state index in [-0.39, 0.29) is 18.4 Å². The smallest absolute Gasteiger partial charge is 0.267 e. The summed E-state index contributed by atoms with van der Waals surface area (Å²) in [6.45, 7) is 2.66. The molecule has 0 saturated carbocycles. The second-order valence-electron chi connectivity index (χ2n) is 6.82. The number of piperazine rings is 1. The number of ether oxygens (including phenoxy) is 2. The van der Waals surface area contributed by atoms with Crippen LogP contribution in [0, 0.1) is 0 Å². The molecule has 1 saturated heterocycles. The number of anilines is 1. The number of aromatic nitrogens is 2. The number of amides is 2. The summed E-state index contributed by atoms with van der Waals surface area (Å²) in [6, 6.07) is 9.06. The van der Waals surface area contributed by atoms with Gasteiger partial charge in [-0.25, -0.2) is 9.97 Å². The van der Waals surface area contributed by atoms with Gasteiger partial charge in [-0.3, -0.25) is 9.59 Å². The molecule has 1 atom stereocenters. The third-order valence-electron chi connectivity index (χ3n) is 4.92. The van der Waals surface area contributed by atoms with Crippen molar-refractivity contribution in [2.24, 2.45) is 0 Å². The number of hydrogen-bond acceptors (Lipinski definition) is 7. The van der Waals surface area contributed by atoms with Crippen molar-refractivity contribution in [2.75, 3.05) is 44.6 Å². The second kappa shape index (κ2) is 8.76. The normalized spacial score (nSPS) is 18.3. The van der Waals surface area contributed by atoms with E-state index in [2.05, 4.69) is 15.3 Å². The number of benzene rings is 1. The first-order valence-electron chi connectivity index (χ1n) is 9.66. The van der Waals surface area contributed by atoms with E-state index in [9.17, 15) is 9.59 Å². The molecule has 1 aromatic heterocycles. The molecule has 2 amide bonds. The summed E-state index contributed by atoms with van der Waals surface area (Å²) in [5, 5.41) is 3.03. The number of para-hydroxylation sites is 2. The third kappa shape index (κ3) is 4.56. The van der Waals surface area contributed by atoms with Gasteiger partial charge in [-0.05, 0) is 18.2 Å². The third-order valence-corrected chi connectivity index (χ3v) is 4.92. The van der Waals surface area contributed by atoms with Crippen LogP contribution in [0.2, 0.25) is 0 Å². The van der Waals surface area contributed by atoms with E-state index in [0.717, 1.165) is 0 Å². The van der Waals surface area contributed by atoms with E-state index in [0.29, 0.717) is 56.6 Å². The van der Waals surface area contributed by atoms with Crippen LogP contribution in [-0.2, 0) is 9.59 Å². The van der Waals surface area contributed by atoms with Gasteiger partial charge in [-0.15, -0.1) is 0 Å². The van der Waals surface area contributed by atoms with E-state index in [1.807, 2.05) is 18.2 Å². The quantitative estimate of drug-likeness (QED) is 0.797. The summed E-state index contributed by atoms with van der Waals surface area (Å²) in [5.41, 5.74) is 0. The van der Waals surface area contributed by atoms with Crippen molar-refractivity contribution >= 4 is 17.8 Å². The highest BCUT2D eigenvalue weighted by Crippen LogP contribution is 2.31. The van der Waals surface area contributed by atoms with Crippen molar-refractivity contribution in [3.05, 3.63) is 42.7 Å². The number of rotatable bonds is 5. The van der Waals surface area contributed by atoms with Gasteiger partial charge in [0.1, 0.15) is 6.61 Å². The Morgan fingerprint density at radius 2 is 1.69 bits per heavy atom. The number of hydrogen-bond donors (Lipinski definition) is 1. The maximum Gasteiger partial charge on any atom is 0.267 e. The minimum Gasteiger partial charge on any atom is -0.485 e. The second-order valence-corrected chi connectivity index (χ2v) is 6.82. The van der Waals surface area contributed by atoms with E-state index in [1.54, 1.807) is 34.3 Å². The average Bonchev–Trinajstić information content (AvgIpc) is 2.79. The van der Waals surface area contributed by atoms with Gasteiger partial charge in [-0.2, -0.15) is 0 Å². The Labute approximate surface area is 168 Å². The lowest BCUT2D eigenvalue weighted by Gasteiger charge is -2.37. The van der Waals surface area contributed by atoms with Gasteiger partial charge >= 0.3 is 0 Å². The van der Waals surface area contributed by atoms with Gasteiger partial charge in [0.05, 0.1) is 0 Å². The van der Waals surface area contributed by atoms with Gasteiger partial charge in [0.2, 0.25) is 18.0 Å². The van der Waals surface area contributed by atoms with Crippen LogP contribution in [0.3, 0.4) is 0 Å². The summed E-state index contributed by atoms with van der Waals surface area (Å²) in [7, 11) is 0. The number of nitrogens with one attached hydrogen (secondary N) is 1. The van der Waals surface area contributed by atoms with Crippen LogP contribution in [0.15, 0.2) is 42.7 Å². The Hall–Kier alpha value is -3.36. The zero-order valence-electron chi connectivity index (χ0n) is 16.0. The highest BCUT2D eigenvalue weighted by molar-refractivity contribution is 5.82. The maximum atomic E-state index is 12.8. The van der Waals surface area contributed by atoms with Crippen molar-refractivity contribution in [3.8, 4) is 11.5 Å². The van der Waals surface area contributed by atoms with Gasteiger partial charge in [0.15, 0.2) is 11.5 Å². The molecule has 3 heterocycles. The van der Waals surface area contributed by atoms with Crippen LogP contribution >= 0.6 is 0 Å². The maximum absolute atomic E-state index is 12.8. The van der Waals surface area contributed by atoms with Crippen LogP contribution in [0.1, 0.15) is 6.42 Å². The Morgan fingerprint density at radius 3 is 2.45 bits per heavy atom. The monoisotopic (exact) mass is 397 g/mol. The predicted molar refractivity (Wildman–Crippen MR) is 105 cm³/mol. The molecule has 4 rings (SSSR count). The van der Waals surface area contributed by atoms with Crippen molar-refractivity contribution in [1.29, 1.82) is 0 Å². The molecule has 9 heteroatoms. The molecular weight excluding hydrogens is 374 g/mol. The number of carbonyl (C=O) groups is 2. The first-order valence-corrected chi connectivity index (χ1v) is 9.66. The van der Waals surface area contributed by atoms with Gasteiger partial charge in [0, 0.05) is 51.5 Å². The Kier molecular flexibility index (Phi) is 5.73. The lowest BCUT2D eigenvalue weighted by Crippen LogP contribution is -2.55.